The van der Waals surface area contributed by atoms with Gasteiger partial charge < -0.3 is 9.84 Å². The average molecular weight is 372 g/mol. The molecule has 3 fully saturated rings. The van der Waals surface area contributed by atoms with Crippen molar-refractivity contribution in [1.29, 1.82) is 5.26 Å². The molecule has 0 saturated heterocycles. The summed E-state index contributed by atoms with van der Waals surface area (Å²) in [7, 11) is 0. The van der Waals surface area contributed by atoms with Gasteiger partial charge in [-0.3, -0.25) is 4.79 Å². The van der Waals surface area contributed by atoms with Gasteiger partial charge in [0.05, 0.1) is 24.2 Å². The van der Waals surface area contributed by atoms with E-state index in [1.807, 2.05) is 13.8 Å². The van der Waals surface area contributed by atoms with Gasteiger partial charge in [0.1, 0.15) is 5.41 Å². The molecule has 0 spiro atoms. The maximum absolute atomic E-state index is 13.1. The molecule has 0 amide bonds. The number of fused-ring (bicyclic) bond motifs is 2. The van der Waals surface area contributed by atoms with Gasteiger partial charge in [-0.25, -0.2) is 0 Å². The minimum Gasteiger partial charge on any atom is -0.481 e. The summed E-state index contributed by atoms with van der Waals surface area (Å²) < 4.78 is 6.15. The zero-order valence-electron chi connectivity index (χ0n) is 17.3. The molecule has 3 saturated carbocycles. The van der Waals surface area contributed by atoms with Crippen LogP contribution in [0.15, 0.2) is 11.6 Å². The first-order valence-electron chi connectivity index (χ1n) is 10.7. The van der Waals surface area contributed by atoms with E-state index < -0.39 is 22.2 Å². The number of nitrogens with zero attached hydrogens (tertiary/aromatic N) is 1. The van der Waals surface area contributed by atoms with E-state index in [1.54, 1.807) is 0 Å². The van der Waals surface area contributed by atoms with E-state index in [4.69, 9.17) is 4.74 Å². The van der Waals surface area contributed by atoms with Crippen molar-refractivity contribution in [3.05, 3.63) is 11.6 Å². The minimum atomic E-state index is -1.09. The Labute approximate surface area is 163 Å². The molecule has 0 aromatic rings. The Morgan fingerprint density at radius 2 is 2.04 bits per heavy atom. The zero-order chi connectivity index (χ0) is 19.8. The molecule has 148 valence electrons. The quantitative estimate of drug-likeness (QED) is 0.714. The molecule has 4 bridgehead atoms. The van der Waals surface area contributed by atoms with Gasteiger partial charge in [-0.2, -0.15) is 5.26 Å². The van der Waals surface area contributed by atoms with E-state index in [0.29, 0.717) is 24.9 Å². The number of nitriles is 1. The molecule has 0 aliphatic heterocycles. The van der Waals surface area contributed by atoms with Crippen LogP contribution in [-0.4, -0.2) is 23.8 Å². The van der Waals surface area contributed by atoms with Crippen LogP contribution >= 0.6 is 0 Å². The van der Waals surface area contributed by atoms with Gasteiger partial charge >= 0.3 is 5.97 Å². The van der Waals surface area contributed by atoms with Crippen LogP contribution < -0.4 is 0 Å². The molecule has 27 heavy (non-hydrogen) atoms. The molecule has 0 radical (unpaired) electrons. The van der Waals surface area contributed by atoms with E-state index in [0.717, 1.165) is 24.8 Å². The summed E-state index contributed by atoms with van der Waals surface area (Å²) in [5, 5.41) is 21.3. The highest BCUT2D eigenvalue weighted by molar-refractivity contribution is 5.85. The monoisotopic (exact) mass is 371 g/mol. The second kappa shape index (κ2) is 5.83. The number of rotatable bonds is 5. The van der Waals surface area contributed by atoms with Crippen LogP contribution in [0.1, 0.15) is 60.3 Å². The lowest BCUT2D eigenvalue weighted by atomic mass is 9.43. The number of carboxylic acid groups (broad SMARTS) is 1. The number of hydrogen-bond acceptors (Lipinski definition) is 3. The Kier molecular flexibility index (Phi) is 4.10. The summed E-state index contributed by atoms with van der Waals surface area (Å²) >= 11 is 0. The van der Waals surface area contributed by atoms with Gasteiger partial charge in [-0.15, -0.1) is 0 Å². The van der Waals surface area contributed by atoms with Crippen molar-refractivity contribution in [1.82, 2.24) is 0 Å². The molecule has 4 aliphatic carbocycles. The fourth-order valence-electron chi connectivity index (χ4n) is 7.85. The van der Waals surface area contributed by atoms with Crippen LogP contribution in [0.4, 0.5) is 0 Å². The fraction of sp³-hybridized carbons (Fsp3) is 0.826. The number of carbonyl (C=O) groups is 1. The van der Waals surface area contributed by atoms with Crippen LogP contribution in [0.2, 0.25) is 0 Å². The van der Waals surface area contributed by atoms with E-state index >= 15 is 0 Å². The summed E-state index contributed by atoms with van der Waals surface area (Å²) in [6.07, 6.45) is 5.99. The molecule has 4 nitrogen and oxygen atoms in total. The highest BCUT2D eigenvalue weighted by Gasteiger charge is 2.84. The van der Waals surface area contributed by atoms with Crippen molar-refractivity contribution in [2.75, 3.05) is 6.61 Å². The molecule has 0 heterocycles. The molecule has 7 atom stereocenters. The van der Waals surface area contributed by atoms with Crippen LogP contribution in [0.3, 0.4) is 0 Å². The van der Waals surface area contributed by atoms with Crippen molar-refractivity contribution in [3.63, 3.8) is 0 Å². The predicted molar refractivity (Wildman–Crippen MR) is 103 cm³/mol. The van der Waals surface area contributed by atoms with Crippen LogP contribution in [-0.2, 0) is 9.53 Å². The second-order valence-electron chi connectivity index (χ2n) is 10.3. The lowest BCUT2D eigenvalue weighted by Crippen LogP contribution is -2.62. The average Bonchev–Trinajstić information content (AvgIpc) is 3.17. The minimum absolute atomic E-state index is 0.0583. The van der Waals surface area contributed by atoms with Gasteiger partial charge in [0.25, 0.3) is 0 Å². The molecule has 4 heteroatoms. The topological polar surface area (TPSA) is 70.3 Å². The van der Waals surface area contributed by atoms with Gasteiger partial charge in [0.15, 0.2) is 0 Å². The molecule has 7 unspecified atom stereocenters. The zero-order valence-corrected chi connectivity index (χ0v) is 17.3. The van der Waals surface area contributed by atoms with E-state index in [1.165, 1.54) is 0 Å². The van der Waals surface area contributed by atoms with E-state index in [2.05, 4.69) is 32.9 Å². The molecular weight excluding hydrogens is 338 g/mol. The van der Waals surface area contributed by atoms with Crippen molar-refractivity contribution in [2.45, 2.75) is 66.4 Å². The second-order valence-corrected chi connectivity index (χ2v) is 10.3. The Balaban J connectivity index is 1.97. The fourth-order valence-corrected chi connectivity index (χ4v) is 7.85. The highest BCUT2D eigenvalue weighted by atomic mass is 16.5. The summed E-state index contributed by atoms with van der Waals surface area (Å²) in [6, 6.07) is 2.67. The third-order valence-corrected chi connectivity index (χ3v) is 8.71. The van der Waals surface area contributed by atoms with E-state index in [9.17, 15) is 15.2 Å². The molecular formula is C23H33NO3. The first-order valence-corrected chi connectivity index (χ1v) is 10.7. The Hall–Kier alpha value is -1.34. The normalized spacial score (nSPS) is 47.3. The smallest absolute Gasteiger partial charge is 0.316 e. The van der Waals surface area contributed by atoms with Crippen LogP contribution in [0.25, 0.3) is 0 Å². The third-order valence-electron chi connectivity index (χ3n) is 8.71. The Morgan fingerprint density at radius 3 is 2.59 bits per heavy atom. The lowest BCUT2D eigenvalue weighted by Gasteiger charge is -2.57. The number of allylic oxidation sites excluding steroid dienone is 1. The van der Waals surface area contributed by atoms with Crippen LogP contribution in [0, 0.1) is 57.2 Å². The Morgan fingerprint density at radius 1 is 1.33 bits per heavy atom. The van der Waals surface area contributed by atoms with Crippen molar-refractivity contribution in [2.24, 2.45) is 45.8 Å². The summed E-state index contributed by atoms with van der Waals surface area (Å²) in [4.78, 5) is 13.1. The molecule has 4 rings (SSSR count). The maximum atomic E-state index is 13.1. The summed E-state index contributed by atoms with van der Waals surface area (Å²) in [6.45, 7) is 10.9. The number of hydrogen-bond donors (Lipinski definition) is 1. The first kappa shape index (κ1) is 19.0. The molecule has 0 aromatic heterocycles. The summed E-state index contributed by atoms with van der Waals surface area (Å²) in [5.74, 6) is 0.697. The number of carboxylic acids is 1. The van der Waals surface area contributed by atoms with Crippen LogP contribution in [0.5, 0.6) is 0 Å². The van der Waals surface area contributed by atoms with Gasteiger partial charge in [-0.1, -0.05) is 38.8 Å². The lowest BCUT2D eigenvalue weighted by molar-refractivity contribution is -0.181. The SMILES string of the molecule is CC(C)OCC12CC3C(C)CCC3C3(C#N)CC1C=C(C(C)C)C32C(=O)O. The van der Waals surface area contributed by atoms with Gasteiger partial charge in [0.2, 0.25) is 0 Å². The first-order chi connectivity index (χ1) is 12.7. The number of ether oxygens (including phenoxy) is 1. The van der Waals surface area contributed by atoms with Crippen molar-refractivity contribution < 1.29 is 14.6 Å². The molecule has 4 aliphatic rings. The maximum Gasteiger partial charge on any atom is 0.316 e. The summed E-state index contributed by atoms with van der Waals surface area (Å²) in [5.41, 5.74) is -1.35. The predicted octanol–water partition coefficient (Wildman–Crippen LogP) is 4.66. The number of aliphatic carboxylic acids is 1. The highest BCUT2D eigenvalue weighted by Crippen LogP contribution is 2.83. The van der Waals surface area contributed by atoms with Crippen molar-refractivity contribution >= 4 is 5.97 Å². The van der Waals surface area contributed by atoms with Gasteiger partial charge in [-0.05, 0) is 62.7 Å². The molecule has 0 aromatic carbocycles. The van der Waals surface area contributed by atoms with Gasteiger partial charge in [0, 0.05) is 5.41 Å². The molecule has 1 N–H and O–H groups in total. The largest absolute Gasteiger partial charge is 0.481 e. The van der Waals surface area contributed by atoms with Crippen molar-refractivity contribution in [3.8, 4) is 6.07 Å². The Bertz CT molecular complexity index is 734. The van der Waals surface area contributed by atoms with E-state index in [-0.39, 0.29) is 23.9 Å². The third kappa shape index (κ3) is 1.95. The standard InChI is InChI=1S/C23H33NO3/c1-13(2)19-8-16-9-21(11-24)18-7-6-15(5)17(18)10-22(16,12-27-14(3)4)23(19,21)20(25)26/h8,13-18H,6-7,9-10,12H2,1-5H3,(H,25,26).